The Morgan fingerprint density at radius 2 is 1.64 bits per heavy atom. The summed E-state index contributed by atoms with van der Waals surface area (Å²) in [5.74, 6) is 0. The summed E-state index contributed by atoms with van der Waals surface area (Å²) in [6, 6.07) is -0.957. The van der Waals surface area contributed by atoms with Crippen molar-refractivity contribution in [2.45, 2.75) is 24.4 Å². The first-order valence-electron chi connectivity index (χ1n) is 3.24. The summed E-state index contributed by atoms with van der Waals surface area (Å²) >= 11 is 0. The third-order valence-electron chi connectivity index (χ3n) is 1.39. The molecule has 5 heteroatoms. The van der Waals surface area contributed by atoms with Gasteiger partial charge in [0.1, 0.15) is 6.10 Å². The molecule has 0 saturated heterocycles. The van der Waals surface area contributed by atoms with Crippen LogP contribution in [0.25, 0.3) is 0 Å². The van der Waals surface area contributed by atoms with Crippen LogP contribution in [0.3, 0.4) is 0 Å². The molecule has 0 heterocycles. The molecule has 1 radical (unpaired) electrons. The zero-order valence-corrected chi connectivity index (χ0v) is 6.09. The van der Waals surface area contributed by atoms with E-state index in [9.17, 15) is 0 Å². The SMILES string of the molecule is [CH2]C(O)C(O)C(O)C(N)CO. The maximum absolute atomic E-state index is 9.02. The van der Waals surface area contributed by atoms with Gasteiger partial charge in [0.05, 0.1) is 24.9 Å². The van der Waals surface area contributed by atoms with E-state index in [0.29, 0.717) is 0 Å². The maximum atomic E-state index is 9.02. The monoisotopic (exact) mass is 164 g/mol. The molecule has 0 fully saturated rings. The number of aliphatic hydroxyl groups excluding tert-OH is 4. The lowest BCUT2D eigenvalue weighted by Crippen LogP contribution is -2.49. The van der Waals surface area contributed by atoms with Gasteiger partial charge >= 0.3 is 0 Å². The maximum Gasteiger partial charge on any atom is 0.107 e. The average molecular weight is 164 g/mol. The van der Waals surface area contributed by atoms with E-state index in [0.717, 1.165) is 0 Å². The summed E-state index contributed by atoms with van der Waals surface area (Å²) < 4.78 is 0. The second-order valence-corrected chi connectivity index (χ2v) is 2.39. The van der Waals surface area contributed by atoms with Crippen molar-refractivity contribution in [1.82, 2.24) is 0 Å². The highest BCUT2D eigenvalue weighted by atomic mass is 16.4. The van der Waals surface area contributed by atoms with E-state index in [1.54, 1.807) is 0 Å². The smallest absolute Gasteiger partial charge is 0.107 e. The molecule has 11 heavy (non-hydrogen) atoms. The standard InChI is InChI=1S/C6H14NO4/c1-3(9)5(10)6(11)4(7)2-8/h3-6,8-11H,1-2,7H2. The van der Waals surface area contributed by atoms with Crippen molar-refractivity contribution >= 4 is 0 Å². The summed E-state index contributed by atoms with van der Waals surface area (Å²) in [4.78, 5) is 0. The largest absolute Gasteiger partial charge is 0.395 e. The van der Waals surface area contributed by atoms with E-state index in [-0.39, 0.29) is 0 Å². The van der Waals surface area contributed by atoms with Crippen molar-refractivity contribution in [3.05, 3.63) is 6.92 Å². The van der Waals surface area contributed by atoms with E-state index < -0.39 is 31.0 Å². The van der Waals surface area contributed by atoms with Crippen LogP contribution in [0.4, 0.5) is 0 Å². The molecule has 0 spiro atoms. The van der Waals surface area contributed by atoms with Gasteiger partial charge in [-0.3, -0.25) is 0 Å². The zero-order chi connectivity index (χ0) is 9.02. The van der Waals surface area contributed by atoms with Crippen molar-refractivity contribution in [2.24, 2.45) is 5.73 Å². The van der Waals surface area contributed by atoms with Gasteiger partial charge in [-0.15, -0.1) is 0 Å². The molecule has 0 amide bonds. The van der Waals surface area contributed by atoms with Crippen LogP contribution in [0.15, 0.2) is 0 Å². The van der Waals surface area contributed by atoms with E-state index in [4.69, 9.17) is 26.2 Å². The highest BCUT2D eigenvalue weighted by Crippen LogP contribution is 2.01. The summed E-state index contributed by atoms with van der Waals surface area (Å²) in [7, 11) is 0. The van der Waals surface area contributed by atoms with E-state index in [1.165, 1.54) is 0 Å². The van der Waals surface area contributed by atoms with Crippen LogP contribution in [0.5, 0.6) is 0 Å². The lowest BCUT2D eigenvalue weighted by atomic mass is 10.0. The van der Waals surface area contributed by atoms with Crippen LogP contribution in [0.2, 0.25) is 0 Å². The minimum atomic E-state index is -1.42. The molecule has 67 valence electrons. The van der Waals surface area contributed by atoms with Crippen LogP contribution in [-0.2, 0) is 0 Å². The topological polar surface area (TPSA) is 107 Å². The second-order valence-electron chi connectivity index (χ2n) is 2.39. The van der Waals surface area contributed by atoms with Gasteiger partial charge in [-0.05, 0) is 6.92 Å². The molecule has 0 saturated carbocycles. The van der Waals surface area contributed by atoms with Crippen molar-refractivity contribution in [3.63, 3.8) is 0 Å². The van der Waals surface area contributed by atoms with Crippen molar-refractivity contribution < 1.29 is 20.4 Å². The molecule has 0 bridgehead atoms. The Morgan fingerprint density at radius 3 is 1.91 bits per heavy atom. The highest BCUT2D eigenvalue weighted by Gasteiger charge is 2.26. The number of nitrogens with two attached hydrogens (primary N) is 1. The first kappa shape index (κ1) is 10.8. The Labute approximate surface area is 65.1 Å². The van der Waals surface area contributed by atoms with Gasteiger partial charge in [0.15, 0.2) is 0 Å². The zero-order valence-electron chi connectivity index (χ0n) is 6.09. The minimum Gasteiger partial charge on any atom is -0.395 e. The Morgan fingerprint density at radius 1 is 1.18 bits per heavy atom. The lowest BCUT2D eigenvalue weighted by Gasteiger charge is -2.23. The van der Waals surface area contributed by atoms with Gasteiger partial charge in [-0.25, -0.2) is 0 Å². The first-order valence-corrected chi connectivity index (χ1v) is 3.24. The first-order chi connectivity index (χ1) is 5.00. The molecular formula is C6H14NO4. The average Bonchev–Trinajstić information content (AvgIpc) is 2.00. The third kappa shape index (κ3) is 3.13. The van der Waals surface area contributed by atoms with E-state index in [2.05, 4.69) is 6.92 Å². The van der Waals surface area contributed by atoms with Crippen LogP contribution in [0, 0.1) is 6.92 Å². The highest BCUT2D eigenvalue weighted by molar-refractivity contribution is 4.83. The predicted octanol–water partition coefficient (Wildman–Crippen LogP) is -2.78. The van der Waals surface area contributed by atoms with Gasteiger partial charge in [-0.2, -0.15) is 0 Å². The third-order valence-corrected chi connectivity index (χ3v) is 1.39. The Kier molecular flexibility index (Phi) is 4.55. The van der Waals surface area contributed by atoms with Crippen LogP contribution in [-0.4, -0.2) is 51.4 Å². The van der Waals surface area contributed by atoms with Gasteiger partial charge in [0, 0.05) is 0 Å². The number of hydrogen-bond acceptors (Lipinski definition) is 5. The number of rotatable bonds is 4. The Hall–Kier alpha value is -0.200. The molecule has 0 aromatic heterocycles. The van der Waals surface area contributed by atoms with Crippen LogP contribution < -0.4 is 5.73 Å². The van der Waals surface area contributed by atoms with E-state index >= 15 is 0 Å². The molecule has 0 aliphatic rings. The quantitative estimate of drug-likeness (QED) is 0.309. The fourth-order valence-electron chi connectivity index (χ4n) is 0.589. The fraction of sp³-hybridized carbons (Fsp3) is 0.833. The van der Waals surface area contributed by atoms with Gasteiger partial charge in [0.25, 0.3) is 0 Å². The molecule has 6 N–H and O–H groups in total. The Balaban J connectivity index is 3.90. The molecule has 4 atom stereocenters. The molecular weight excluding hydrogens is 150 g/mol. The van der Waals surface area contributed by atoms with E-state index in [1.807, 2.05) is 0 Å². The number of hydrogen-bond donors (Lipinski definition) is 5. The Bertz CT molecular complexity index is 109. The van der Waals surface area contributed by atoms with Crippen molar-refractivity contribution in [2.75, 3.05) is 6.61 Å². The fourth-order valence-corrected chi connectivity index (χ4v) is 0.589. The van der Waals surface area contributed by atoms with Crippen LogP contribution >= 0.6 is 0 Å². The van der Waals surface area contributed by atoms with Gasteiger partial charge in [0.2, 0.25) is 0 Å². The van der Waals surface area contributed by atoms with Gasteiger partial charge in [-0.1, -0.05) is 0 Å². The lowest BCUT2D eigenvalue weighted by molar-refractivity contribution is -0.0579. The minimum absolute atomic E-state index is 0.453. The summed E-state index contributed by atoms with van der Waals surface area (Å²) in [6.07, 6.45) is -4.08. The van der Waals surface area contributed by atoms with Gasteiger partial charge < -0.3 is 26.2 Å². The molecule has 0 aromatic rings. The molecule has 5 nitrogen and oxygen atoms in total. The summed E-state index contributed by atoms with van der Waals surface area (Å²) in [6.45, 7) is 2.63. The number of aliphatic hydroxyl groups is 4. The molecule has 0 rings (SSSR count). The van der Waals surface area contributed by atoms with Crippen molar-refractivity contribution in [1.29, 1.82) is 0 Å². The second kappa shape index (κ2) is 4.63. The molecule has 0 aromatic carbocycles. The summed E-state index contributed by atoms with van der Waals surface area (Å²) in [5, 5.41) is 35.1. The van der Waals surface area contributed by atoms with Crippen LogP contribution in [0.1, 0.15) is 0 Å². The normalized spacial score (nSPS) is 22.4. The summed E-state index contributed by atoms with van der Waals surface area (Å²) in [5.41, 5.74) is 5.16. The molecule has 4 unspecified atom stereocenters. The predicted molar refractivity (Wildman–Crippen MR) is 38.4 cm³/mol. The molecule has 0 aliphatic carbocycles. The van der Waals surface area contributed by atoms with Crippen molar-refractivity contribution in [3.8, 4) is 0 Å². The molecule has 0 aliphatic heterocycles.